The third-order valence-corrected chi connectivity index (χ3v) is 4.60. The molecular formula is C19H22ClFN4O4. The average Bonchev–Trinajstić information content (AvgIpc) is 2.68. The van der Waals surface area contributed by atoms with Gasteiger partial charge in [-0.2, -0.15) is 0 Å². The van der Waals surface area contributed by atoms with Crippen molar-refractivity contribution in [2.45, 2.75) is 6.04 Å². The van der Waals surface area contributed by atoms with Crippen molar-refractivity contribution in [3.05, 3.63) is 64.0 Å². The van der Waals surface area contributed by atoms with Crippen molar-refractivity contribution in [2.75, 3.05) is 38.6 Å². The third kappa shape index (κ3) is 5.63. The van der Waals surface area contributed by atoms with Crippen LogP contribution in [-0.4, -0.2) is 49.0 Å². The molecule has 0 saturated carbocycles. The maximum atomic E-state index is 13.6. The van der Waals surface area contributed by atoms with Crippen LogP contribution in [0.2, 0.25) is 0 Å². The van der Waals surface area contributed by atoms with Gasteiger partial charge in [0.05, 0.1) is 30.3 Å². The van der Waals surface area contributed by atoms with E-state index < -0.39 is 4.92 Å². The highest BCUT2D eigenvalue weighted by molar-refractivity contribution is 5.94. The number of anilines is 1. The second-order valence-corrected chi connectivity index (χ2v) is 6.44. The van der Waals surface area contributed by atoms with Gasteiger partial charge in [-0.25, -0.2) is 4.39 Å². The molecule has 0 aliphatic carbocycles. The summed E-state index contributed by atoms with van der Waals surface area (Å²) >= 11 is 0. The van der Waals surface area contributed by atoms with E-state index in [-0.39, 0.29) is 48.2 Å². The number of hydrogen-bond donors (Lipinski definition) is 2. The van der Waals surface area contributed by atoms with Gasteiger partial charge in [0.25, 0.3) is 5.69 Å². The van der Waals surface area contributed by atoms with Crippen molar-refractivity contribution in [1.82, 2.24) is 10.2 Å². The minimum Gasteiger partial charge on any atom is -0.494 e. The zero-order valence-electron chi connectivity index (χ0n) is 15.8. The van der Waals surface area contributed by atoms with Gasteiger partial charge in [-0.05, 0) is 23.8 Å². The molecule has 10 heteroatoms. The zero-order chi connectivity index (χ0) is 20.1. The highest BCUT2D eigenvalue weighted by atomic mass is 35.5. The molecule has 1 saturated heterocycles. The summed E-state index contributed by atoms with van der Waals surface area (Å²) in [6.07, 6.45) is 0. The third-order valence-electron chi connectivity index (χ3n) is 4.60. The first-order valence-corrected chi connectivity index (χ1v) is 8.80. The number of carbonyl (C=O) groups excluding carboxylic acids is 1. The number of nitro benzene ring substituents is 1. The topological polar surface area (TPSA) is 96.7 Å². The molecule has 2 aromatic rings. The quantitative estimate of drug-likeness (QED) is 0.546. The second-order valence-electron chi connectivity index (χ2n) is 6.44. The first-order valence-electron chi connectivity index (χ1n) is 8.80. The van der Waals surface area contributed by atoms with E-state index in [1.165, 1.54) is 37.4 Å². The molecule has 2 aromatic carbocycles. The van der Waals surface area contributed by atoms with Crippen LogP contribution in [0.5, 0.6) is 5.75 Å². The van der Waals surface area contributed by atoms with E-state index >= 15 is 0 Å². The Morgan fingerprint density at radius 3 is 2.86 bits per heavy atom. The number of nitrogens with one attached hydrogen (secondary N) is 2. The predicted molar refractivity (Wildman–Crippen MR) is 109 cm³/mol. The van der Waals surface area contributed by atoms with Crippen molar-refractivity contribution < 1.29 is 18.8 Å². The van der Waals surface area contributed by atoms with Gasteiger partial charge in [-0.3, -0.25) is 19.8 Å². The lowest BCUT2D eigenvalue weighted by Gasteiger charge is -2.36. The Balaban J connectivity index is 0.00000300. The summed E-state index contributed by atoms with van der Waals surface area (Å²) in [5, 5.41) is 16.9. The van der Waals surface area contributed by atoms with E-state index in [9.17, 15) is 19.3 Å². The number of benzene rings is 2. The molecule has 0 bridgehead atoms. The zero-order valence-corrected chi connectivity index (χ0v) is 16.6. The van der Waals surface area contributed by atoms with Gasteiger partial charge in [-0.1, -0.05) is 12.1 Å². The molecule has 2 N–H and O–H groups in total. The number of ether oxygens (including phenoxy) is 1. The van der Waals surface area contributed by atoms with Gasteiger partial charge >= 0.3 is 0 Å². The maximum Gasteiger partial charge on any atom is 0.273 e. The van der Waals surface area contributed by atoms with Gasteiger partial charge in [0.2, 0.25) is 5.91 Å². The molecule has 156 valence electrons. The normalized spacial score (nSPS) is 16.6. The largest absolute Gasteiger partial charge is 0.494 e. The van der Waals surface area contributed by atoms with Gasteiger partial charge in [0.1, 0.15) is 11.6 Å². The number of piperazine rings is 1. The Hall–Kier alpha value is -2.75. The van der Waals surface area contributed by atoms with Gasteiger partial charge in [0, 0.05) is 31.7 Å². The van der Waals surface area contributed by atoms with Crippen LogP contribution in [0.15, 0.2) is 42.5 Å². The minimum absolute atomic E-state index is 0. The molecule has 1 amide bonds. The number of methoxy groups -OCH3 is 1. The highest BCUT2D eigenvalue weighted by Gasteiger charge is 2.26. The van der Waals surface area contributed by atoms with Crippen molar-refractivity contribution in [2.24, 2.45) is 0 Å². The van der Waals surface area contributed by atoms with E-state index in [1.807, 2.05) is 11.0 Å². The van der Waals surface area contributed by atoms with Crippen LogP contribution < -0.4 is 15.4 Å². The molecular weight excluding hydrogens is 403 g/mol. The summed E-state index contributed by atoms with van der Waals surface area (Å²) < 4.78 is 18.7. The van der Waals surface area contributed by atoms with E-state index in [0.717, 1.165) is 12.1 Å². The number of nitrogens with zero attached hydrogens (tertiary/aromatic N) is 2. The lowest BCUT2D eigenvalue weighted by Crippen LogP contribution is -2.48. The van der Waals surface area contributed by atoms with Crippen molar-refractivity contribution in [3.8, 4) is 5.75 Å². The standard InChI is InChI=1S/C19H21FN4O4.ClH/c1-28-18-10-15(24(26)27)5-6-16(18)22-19(25)12-23-8-7-21-11-17(23)13-3-2-4-14(20)9-13;/h2-6,9-10,17,21H,7-8,11-12H2,1H3,(H,22,25);1H. The van der Waals surface area contributed by atoms with Crippen LogP contribution in [0.4, 0.5) is 15.8 Å². The molecule has 1 atom stereocenters. The van der Waals surface area contributed by atoms with E-state index in [2.05, 4.69) is 10.6 Å². The SMILES string of the molecule is COc1cc([N+](=O)[O-])ccc1NC(=O)CN1CCNCC1c1cccc(F)c1.Cl. The van der Waals surface area contributed by atoms with Crippen LogP contribution in [-0.2, 0) is 4.79 Å². The Labute approximate surface area is 173 Å². The van der Waals surface area contributed by atoms with Crippen LogP contribution in [0, 0.1) is 15.9 Å². The molecule has 1 aliphatic rings. The lowest BCUT2D eigenvalue weighted by atomic mass is 10.0. The lowest BCUT2D eigenvalue weighted by molar-refractivity contribution is -0.384. The molecule has 1 unspecified atom stereocenters. The van der Waals surface area contributed by atoms with Crippen LogP contribution in [0.3, 0.4) is 0 Å². The van der Waals surface area contributed by atoms with Crippen LogP contribution in [0.25, 0.3) is 0 Å². The summed E-state index contributed by atoms with van der Waals surface area (Å²) in [6.45, 7) is 2.06. The van der Waals surface area contributed by atoms with Crippen LogP contribution in [0.1, 0.15) is 11.6 Å². The minimum atomic E-state index is -0.529. The fourth-order valence-corrected chi connectivity index (χ4v) is 3.25. The average molecular weight is 425 g/mol. The van der Waals surface area contributed by atoms with Gasteiger partial charge < -0.3 is 15.4 Å². The predicted octanol–water partition coefficient (Wildman–Crippen LogP) is 2.75. The number of carbonyl (C=O) groups is 1. The molecule has 8 nitrogen and oxygen atoms in total. The number of rotatable bonds is 6. The summed E-state index contributed by atoms with van der Waals surface area (Å²) in [5.41, 5.74) is 1.03. The number of nitro groups is 1. The maximum absolute atomic E-state index is 13.6. The first-order chi connectivity index (χ1) is 13.5. The fourth-order valence-electron chi connectivity index (χ4n) is 3.25. The second kappa shape index (κ2) is 10.1. The smallest absolute Gasteiger partial charge is 0.273 e. The first kappa shape index (κ1) is 22.5. The molecule has 1 aliphatic heterocycles. The molecule has 0 radical (unpaired) electrons. The van der Waals surface area contributed by atoms with Crippen molar-refractivity contribution in [3.63, 3.8) is 0 Å². The molecule has 0 spiro atoms. The van der Waals surface area contributed by atoms with E-state index in [4.69, 9.17) is 4.74 Å². The molecule has 29 heavy (non-hydrogen) atoms. The summed E-state index contributed by atoms with van der Waals surface area (Å²) in [6, 6.07) is 10.2. The van der Waals surface area contributed by atoms with Gasteiger partial charge in [0.15, 0.2) is 0 Å². The summed E-state index contributed by atoms with van der Waals surface area (Å²) in [5.74, 6) is -0.386. The van der Waals surface area contributed by atoms with E-state index in [1.54, 1.807) is 6.07 Å². The molecule has 3 rings (SSSR count). The Morgan fingerprint density at radius 2 is 2.17 bits per heavy atom. The number of hydrogen-bond acceptors (Lipinski definition) is 6. The van der Waals surface area contributed by atoms with E-state index in [0.29, 0.717) is 18.8 Å². The number of halogens is 2. The number of amides is 1. The highest BCUT2D eigenvalue weighted by Crippen LogP contribution is 2.29. The van der Waals surface area contributed by atoms with Crippen molar-refractivity contribution >= 4 is 29.7 Å². The van der Waals surface area contributed by atoms with Crippen molar-refractivity contribution in [1.29, 1.82) is 0 Å². The summed E-state index contributed by atoms with van der Waals surface area (Å²) in [4.78, 5) is 24.9. The van der Waals surface area contributed by atoms with Gasteiger partial charge in [-0.15, -0.1) is 12.4 Å². The molecule has 1 heterocycles. The summed E-state index contributed by atoms with van der Waals surface area (Å²) in [7, 11) is 1.38. The Bertz CT molecular complexity index is 883. The van der Waals surface area contributed by atoms with Crippen LogP contribution >= 0.6 is 12.4 Å². The number of non-ortho nitro benzene ring substituents is 1. The fraction of sp³-hybridized carbons (Fsp3) is 0.316. The Kier molecular flexibility index (Phi) is 7.89. The molecule has 0 aromatic heterocycles. The molecule has 1 fully saturated rings. The Morgan fingerprint density at radius 1 is 1.38 bits per heavy atom. The monoisotopic (exact) mass is 424 g/mol.